The van der Waals surface area contributed by atoms with Crippen molar-refractivity contribution in [2.45, 2.75) is 59.6 Å². The minimum Gasteiger partial charge on any atom is -0.370 e. The van der Waals surface area contributed by atoms with Crippen LogP contribution in [0.15, 0.2) is 4.52 Å². The molecule has 0 spiro atoms. The largest absolute Gasteiger partial charge is 0.370 e. The molecule has 110 valence electrons. The van der Waals surface area contributed by atoms with Crippen LogP contribution >= 0.6 is 0 Å². The first-order valence-corrected chi connectivity index (χ1v) is 7.25. The maximum atomic E-state index is 5.67. The highest BCUT2D eigenvalue weighted by atomic mass is 16.5. The van der Waals surface area contributed by atoms with E-state index in [1.807, 2.05) is 6.92 Å². The lowest BCUT2D eigenvalue weighted by Gasteiger charge is -2.16. The highest BCUT2D eigenvalue weighted by Crippen LogP contribution is 2.23. The van der Waals surface area contributed by atoms with E-state index in [-0.39, 0.29) is 6.10 Å². The number of nitrogens with zero attached hydrogens (tertiary/aromatic N) is 2. The van der Waals surface area contributed by atoms with Crippen LogP contribution in [0.3, 0.4) is 0 Å². The maximum Gasteiger partial charge on any atom is 0.228 e. The number of hydrogen-bond donors (Lipinski definition) is 1. The summed E-state index contributed by atoms with van der Waals surface area (Å²) >= 11 is 0. The number of nitrogens with one attached hydrogen (secondary N) is 1. The van der Waals surface area contributed by atoms with Gasteiger partial charge in [-0.05, 0) is 32.7 Å². The SMILES string of the molecule is CCCNC(C)Cc1nc(C(OCC)C(C)C)no1. The number of rotatable bonds is 9. The minimum atomic E-state index is -0.0820. The summed E-state index contributed by atoms with van der Waals surface area (Å²) < 4.78 is 11.0. The summed E-state index contributed by atoms with van der Waals surface area (Å²) in [5, 5.41) is 7.46. The fourth-order valence-electron chi connectivity index (χ4n) is 1.94. The normalized spacial score (nSPS) is 14.8. The molecule has 2 unspecified atom stereocenters. The van der Waals surface area contributed by atoms with E-state index < -0.39 is 0 Å². The van der Waals surface area contributed by atoms with E-state index in [0.717, 1.165) is 19.4 Å². The Balaban J connectivity index is 2.59. The van der Waals surface area contributed by atoms with Gasteiger partial charge in [0, 0.05) is 19.1 Å². The van der Waals surface area contributed by atoms with Gasteiger partial charge in [-0.1, -0.05) is 25.9 Å². The van der Waals surface area contributed by atoms with Crippen LogP contribution in [0.2, 0.25) is 0 Å². The Morgan fingerprint density at radius 3 is 2.58 bits per heavy atom. The smallest absolute Gasteiger partial charge is 0.228 e. The summed E-state index contributed by atoms with van der Waals surface area (Å²) in [6, 6.07) is 0.345. The van der Waals surface area contributed by atoms with Gasteiger partial charge in [-0.2, -0.15) is 4.98 Å². The molecule has 5 nitrogen and oxygen atoms in total. The molecule has 0 amide bonds. The average Bonchev–Trinajstić information content (AvgIpc) is 2.81. The number of ether oxygens (including phenoxy) is 1. The van der Waals surface area contributed by atoms with E-state index in [4.69, 9.17) is 9.26 Å². The average molecular weight is 269 g/mol. The summed E-state index contributed by atoms with van der Waals surface area (Å²) in [7, 11) is 0. The Morgan fingerprint density at radius 2 is 2.00 bits per heavy atom. The van der Waals surface area contributed by atoms with Crippen LogP contribution in [0.5, 0.6) is 0 Å². The molecule has 0 saturated heterocycles. The van der Waals surface area contributed by atoms with Crippen LogP contribution in [0.1, 0.15) is 58.9 Å². The fraction of sp³-hybridized carbons (Fsp3) is 0.857. The molecular weight excluding hydrogens is 242 g/mol. The Kier molecular flexibility index (Phi) is 7.02. The standard InChI is InChI=1S/C14H27N3O2/c1-6-8-15-11(5)9-12-16-14(17-19-12)13(10(3)4)18-7-2/h10-11,13,15H,6-9H2,1-5H3. The lowest BCUT2D eigenvalue weighted by Crippen LogP contribution is -2.28. The van der Waals surface area contributed by atoms with Gasteiger partial charge in [0.15, 0.2) is 0 Å². The topological polar surface area (TPSA) is 60.2 Å². The highest BCUT2D eigenvalue weighted by molar-refractivity contribution is 4.94. The van der Waals surface area contributed by atoms with Crippen molar-refractivity contribution in [2.24, 2.45) is 5.92 Å². The first kappa shape index (κ1) is 16.1. The molecular formula is C14H27N3O2. The van der Waals surface area contributed by atoms with E-state index in [1.165, 1.54) is 0 Å². The maximum absolute atomic E-state index is 5.67. The van der Waals surface area contributed by atoms with Gasteiger partial charge in [-0.25, -0.2) is 0 Å². The van der Waals surface area contributed by atoms with Crippen LogP contribution in [0, 0.1) is 5.92 Å². The second-order valence-corrected chi connectivity index (χ2v) is 5.23. The Bertz CT molecular complexity index is 352. The Morgan fingerprint density at radius 1 is 1.26 bits per heavy atom. The van der Waals surface area contributed by atoms with Gasteiger partial charge in [0.25, 0.3) is 0 Å². The van der Waals surface area contributed by atoms with Crippen molar-refractivity contribution in [3.63, 3.8) is 0 Å². The molecule has 0 aliphatic rings. The second kappa shape index (κ2) is 8.27. The van der Waals surface area contributed by atoms with Crippen molar-refractivity contribution in [2.75, 3.05) is 13.2 Å². The predicted molar refractivity (Wildman–Crippen MR) is 75.0 cm³/mol. The molecule has 1 aromatic rings. The zero-order valence-electron chi connectivity index (χ0n) is 12.8. The minimum absolute atomic E-state index is 0.0820. The van der Waals surface area contributed by atoms with Crippen LogP contribution in [0.25, 0.3) is 0 Å². The van der Waals surface area contributed by atoms with E-state index in [1.54, 1.807) is 0 Å². The molecule has 0 saturated carbocycles. The molecule has 19 heavy (non-hydrogen) atoms. The third-order valence-electron chi connectivity index (χ3n) is 2.91. The van der Waals surface area contributed by atoms with Crippen molar-refractivity contribution < 1.29 is 9.26 Å². The zero-order chi connectivity index (χ0) is 14.3. The lowest BCUT2D eigenvalue weighted by atomic mass is 10.1. The first-order valence-electron chi connectivity index (χ1n) is 7.25. The molecule has 0 aromatic carbocycles. The summed E-state index contributed by atoms with van der Waals surface area (Å²) in [6.07, 6.45) is 1.80. The third kappa shape index (κ3) is 5.28. The highest BCUT2D eigenvalue weighted by Gasteiger charge is 2.22. The third-order valence-corrected chi connectivity index (χ3v) is 2.91. The molecule has 1 aromatic heterocycles. The van der Waals surface area contributed by atoms with Gasteiger partial charge in [0.2, 0.25) is 11.7 Å². The zero-order valence-corrected chi connectivity index (χ0v) is 12.8. The van der Waals surface area contributed by atoms with Crippen LogP contribution < -0.4 is 5.32 Å². The van der Waals surface area contributed by atoms with Crippen molar-refractivity contribution in [3.8, 4) is 0 Å². The van der Waals surface area contributed by atoms with Crippen molar-refractivity contribution in [1.29, 1.82) is 0 Å². The van der Waals surface area contributed by atoms with Crippen molar-refractivity contribution >= 4 is 0 Å². The summed E-state index contributed by atoms with van der Waals surface area (Å²) in [5.41, 5.74) is 0. The molecule has 0 aliphatic heterocycles. The summed E-state index contributed by atoms with van der Waals surface area (Å²) in [5.74, 6) is 1.67. The van der Waals surface area contributed by atoms with Crippen LogP contribution in [0.4, 0.5) is 0 Å². The summed E-state index contributed by atoms with van der Waals surface area (Å²) in [6.45, 7) is 12.1. The molecule has 1 heterocycles. The lowest BCUT2D eigenvalue weighted by molar-refractivity contribution is 0.0217. The number of hydrogen-bond acceptors (Lipinski definition) is 5. The second-order valence-electron chi connectivity index (χ2n) is 5.23. The molecule has 1 rings (SSSR count). The van der Waals surface area contributed by atoms with Gasteiger partial charge in [0.1, 0.15) is 6.10 Å². The number of aromatic nitrogens is 2. The van der Waals surface area contributed by atoms with Crippen molar-refractivity contribution in [3.05, 3.63) is 11.7 Å². The van der Waals surface area contributed by atoms with Gasteiger partial charge in [0.05, 0.1) is 0 Å². The van der Waals surface area contributed by atoms with Gasteiger partial charge < -0.3 is 14.6 Å². The fourth-order valence-corrected chi connectivity index (χ4v) is 1.94. The molecule has 0 aliphatic carbocycles. The van der Waals surface area contributed by atoms with Gasteiger partial charge >= 0.3 is 0 Å². The first-order chi connectivity index (χ1) is 9.08. The van der Waals surface area contributed by atoms with E-state index in [2.05, 4.69) is 43.2 Å². The molecule has 0 radical (unpaired) electrons. The summed E-state index contributed by atoms with van der Waals surface area (Å²) in [4.78, 5) is 4.46. The molecule has 1 N–H and O–H groups in total. The quantitative estimate of drug-likeness (QED) is 0.747. The Hall–Kier alpha value is -0.940. The van der Waals surface area contributed by atoms with Crippen LogP contribution in [-0.4, -0.2) is 29.3 Å². The molecule has 0 fully saturated rings. The monoisotopic (exact) mass is 269 g/mol. The van der Waals surface area contributed by atoms with Crippen LogP contribution in [-0.2, 0) is 11.2 Å². The van der Waals surface area contributed by atoms with E-state index in [0.29, 0.717) is 30.3 Å². The molecule has 2 atom stereocenters. The van der Waals surface area contributed by atoms with Gasteiger partial charge in [-0.3, -0.25) is 0 Å². The molecule has 0 bridgehead atoms. The van der Waals surface area contributed by atoms with Gasteiger partial charge in [-0.15, -0.1) is 0 Å². The van der Waals surface area contributed by atoms with E-state index >= 15 is 0 Å². The Labute approximate surface area is 116 Å². The molecule has 5 heteroatoms. The predicted octanol–water partition coefficient (Wildman–Crippen LogP) is 2.73. The van der Waals surface area contributed by atoms with E-state index in [9.17, 15) is 0 Å². The van der Waals surface area contributed by atoms with Crippen molar-refractivity contribution in [1.82, 2.24) is 15.5 Å².